The van der Waals surface area contributed by atoms with Crippen molar-refractivity contribution in [1.29, 1.82) is 0 Å². The van der Waals surface area contributed by atoms with Gasteiger partial charge in [-0.05, 0) is 24.2 Å². The van der Waals surface area contributed by atoms with E-state index in [0.717, 1.165) is 5.56 Å². The summed E-state index contributed by atoms with van der Waals surface area (Å²) in [7, 11) is 0. The Morgan fingerprint density at radius 3 is 2.50 bits per heavy atom. The molecule has 0 saturated heterocycles. The molecule has 0 atom stereocenters. The second kappa shape index (κ2) is 4.14. The van der Waals surface area contributed by atoms with E-state index in [2.05, 4.69) is 15.5 Å². The van der Waals surface area contributed by atoms with E-state index < -0.39 is 0 Å². The van der Waals surface area contributed by atoms with Crippen molar-refractivity contribution in [2.24, 2.45) is 0 Å². The third-order valence-electron chi connectivity index (χ3n) is 2.07. The number of carbonyl (C=O) groups excluding carboxylic acids is 1. The van der Waals surface area contributed by atoms with E-state index in [9.17, 15) is 4.79 Å². The van der Waals surface area contributed by atoms with Crippen molar-refractivity contribution in [2.45, 2.75) is 13.8 Å². The van der Waals surface area contributed by atoms with Crippen LogP contribution in [0.4, 0.5) is 5.95 Å². The van der Waals surface area contributed by atoms with Crippen molar-refractivity contribution in [3.05, 3.63) is 41.3 Å². The summed E-state index contributed by atoms with van der Waals surface area (Å²) in [6.07, 6.45) is 0. The van der Waals surface area contributed by atoms with Crippen LogP contribution in [0.5, 0.6) is 0 Å². The highest BCUT2D eigenvalue weighted by molar-refractivity contribution is 6.03. The largest absolute Gasteiger partial charge is 0.338 e. The molecule has 2 aromatic rings. The normalized spacial score (nSPS) is 10.1. The van der Waals surface area contributed by atoms with E-state index in [0.29, 0.717) is 11.5 Å². The lowest BCUT2D eigenvalue weighted by Gasteiger charge is -2.00. The number of carbonyl (C=O) groups is 1. The van der Waals surface area contributed by atoms with Gasteiger partial charge in [-0.15, -0.1) is 0 Å². The fraction of sp³-hybridized carbons (Fsp3) is 0.182. The van der Waals surface area contributed by atoms with Gasteiger partial charge < -0.3 is 4.52 Å². The molecule has 16 heavy (non-hydrogen) atoms. The zero-order valence-electron chi connectivity index (χ0n) is 9.02. The smallest absolute Gasteiger partial charge is 0.270 e. The summed E-state index contributed by atoms with van der Waals surface area (Å²) in [5.74, 6) is 0.350. The minimum absolute atomic E-state index is 0.183. The Bertz CT molecular complexity index is 502. The first-order chi connectivity index (χ1) is 7.65. The number of benzene rings is 1. The van der Waals surface area contributed by atoms with E-state index in [4.69, 9.17) is 4.52 Å². The number of aromatic nitrogens is 2. The Morgan fingerprint density at radius 1 is 1.25 bits per heavy atom. The van der Waals surface area contributed by atoms with Gasteiger partial charge in [0, 0.05) is 12.5 Å². The summed E-state index contributed by atoms with van der Waals surface area (Å²) in [6, 6.07) is 7.24. The Hall–Kier alpha value is -2.17. The van der Waals surface area contributed by atoms with Gasteiger partial charge in [0.15, 0.2) is 0 Å². The SMILES string of the molecule is Cc1ccc(C(=O)Nc2noc(C)n2)cc1. The number of nitrogens with one attached hydrogen (secondary N) is 1. The summed E-state index contributed by atoms with van der Waals surface area (Å²) in [5, 5.41) is 6.12. The molecule has 1 amide bonds. The number of hydrogen-bond acceptors (Lipinski definition) is 4. The van der Waals surface area contributed by atoms with Crippen LogP contribution in [0.2, 0.25) is 0 Å². The number of rotatable bonds is 2. The molecule has 0 fully saturated rings. The van der Waals surface area contributed by atoms with E-state index in [1.807, 2.05) is 19.1 Å². The molecular formula is C11H11N3O2. The molecule has 0 bridgehead atoms. The standard InChI is InChI=1S/C11H11N3O2/c1-7-3-5-9(6-4-7)10(15)13-11-12-8(2)16-14-11/h3-6H,1-2H3,(H,13,14,15). The molecule has 1 aromatic heterocycles. The number of nitrogens with zero attached hydrogens (tertiary/aromatic N) is 2. The number of hydrogen-bond donors (Lipinski definition) is 1. The summed E-state index contributed by atoms with van der Waals surface area (Å²) >= 11 is 0. The maximum absolute atomic E-state index is 11.7. The molecule has 0 radical (unpaired) electrons. The average Bonchev–Trinajstić information content (AvgIpc) is 2.65. The molecule has 5 heteroatoms. The first-order valence-corrected chi connectivity index (χ1v) is 4.83. The monoisotopic (exact) mass is 217 g/mol. The van der Waals surface area contributed by atoms with E-state index in [1.54, 1.807) is 19.1 Å². The van der Waals surface area contributed by atoms with Crippen molar-refractivity contribution >= 4 is 11.9 Å². The van der Waals surface area contributed by atoms with Gasteiger partial charge in [-0.3, -0.25) is 10.1 Å². The maximum Gasteiger partial charge on any atom is 0.270 e. The Morgan fingerprint density at radius 2 is 1.94 bits per heavy atom. The highest BCUT2D eigenvalue weighted by Crippen LogP contribution is 2.06. The second-order valence-corrected chi connectivity index (χ2v) is 3.46. The molecule has 0 aliphatic carbocycles. The minimum Gasteiger partial charge on any atom is -0.338 e. The molecule has 1 heterocycles. The van der Waals surface area contributed by atoms with Crippen LogP contribution >= 0.6 is 0 Å². The first kappa shape index (κ1) is 10.4. The van der Waals surface area contributed by atoms with Crippen molar-refractivity contribution in [1.82, 2.24) is 10.1 Å². The van der Waals surface area contributed by atoms with Crippen LogP contribution in [0, 0.1) is 13.8 Å². The molecule has 82 valence electrons. The van der Waals surface area contributed by atoms with Gasteiger partial charge in [-0.2, -0.15) is 4.98 Å². The zero-order chi connectivity index (χ0) is 11.5. The third kappa shape index (κ3) is 2.25. The maximum atomic E-state index is 11.7. The van der Waals surface area contributed by atoms with Crippen molar-refractivity contribution < 1.29 is 9.32 Å². The van der Waals surface area contributed by atoms with Crippen LogP contribution in [0.1, 0.15) is 21.8 Å². The summed E-state index contributed by atoms with van der Waals surface area (Å²) in [4.78, 5) is 15.6. The lowest BCUT2D eigenvalue weighted by atomic mass is 10.1. The van der Waals surface area contributed by atoms with Crippen LogP contribution < -0.4 is 5.32 Å². The van der Waals surface area contributed by atoms with Gasteiger partial charge in [0.2, 0.25) is 5.89 Å². The lowest BCUT2D eigenvalue weighted by Crippen LogP contribution is -2.12. The van der Waals surface area contributed by atoms with Crippen molar-refractivity contribution in [3.63, 3.8) is 0 Å². The van der Waals surface area contributed by atoms with Gasteiger partial charge >= 0.3 is 0 Å². The van der Waals surface area contributed by atoms with Crippen molar-refractivity contribution in [2.75, 3.05) is 5.32 Å². The van der Waals surface area contributed by atoms with Crippen LogP contribution in [0.25, 0.3) is 0 Å². The van der Waals surface area contributed by atoms with Crippen molar-refractivity contribution in [3.8, 4) is 0 Å². The molecule has 0 aliphatic rings. The van der Waals surface area contributed by atoms with Gasteiger partial charge in [0.1, 0.15) is 0 Å². The van der Waals surface area contributed by atoms with Gasteiger partial charge in [0.05, 0.1) is 0 Å². The fourth-order valence-corrected chi connectivity index (χ4v) is 1.23. The quantitative estimate of drug-likeness (QED) is 0.834. The Labute approximate surface area is 92.5 Å². The van der Waals surface area contributed by atoms with Crippen LogP contribution in [-0.2, 0) is 0 Å². The third-order valence-corrected chi connectivity index (χ3v) is 2.07. The van der Waals surface area contributed by atoms with Crippen LogP contribution in [0.15, 0.2) is 28.8 Å². The summed E-state index contributed by atoms with van der Waals surface area (Å²) < 4.78 is 4.74. The molecule has 1 aromatic carbocycles. The van der Waals surface area contributed by atoms with Crippen LogP contribution in [0.3, 0.4) is 0 Å². The van der Waals surface area contributed by atoms with Crippen LogP contribution in [-0.4, -0.2) is 16.0 Å². The summed E-state index contributed by atoms with van der Waals surface area (Å²) in [5.41, 5.74) is 1.67. The Balaban J connectivity index is 2.11. The molecule has 0 unspecified atom stereocenters. The van der Waals surface area contributed by atoms with E-state index in [-0.39, 0.29) is 11.9 Å². The zero-order valence-corrected chi connectivity index (χ0v) is 9.02. The number of amides is 1. The number of aryl methyl sites for hydroxylation is 2. The Kier molecular flexibility index (Phi) is 2.68. The summed E-state index contributed by atoms with van der Waals surface area (Å²) in [6.45, 7) is 3.62. The molecule has 0 saturated carbocycles. The molecule has 2 rings (SSSR count). The predicted molar refractivity (Wildman–Crippen MR) is 58.2 cm³/mol. The molecule has 5 nitrogen and oxygen atoms in total. The fourth-order valence-electron chi connectivity index (χ4n) is 1.23. The van der Waals surface area contributed by atoms with E-state index in [1.165, 1.54) is 0 Å². The highest BCUT2D eigenvalue weighted by Gasteiger charge is 2.09. The van der Waals surface area contributed by atoms with Gasteiger partial charge in [-0.25, -0.2) is 0 Å². The predicted octanol–water partition coefficient (Wildman–Crippen LogP) is 1.94. The molecule has 0 spiro atoms. The highest BCUT2D eigenvalue weighted by atomic mass is 16.5. The van der Waals surface area contributed by atoms with E-state index >= 15 is 0 Å². The topological polar surface area (TPSA) is 68.0 Å². The molecule has 0 aliphatic heterocycles. The molecular weight excluding hydrogens is 206 g/mol. The van der Waals surface area contributed by atoms with Gasteiger partial charge in [-0.1, -0.05) is 17.7 Å². The first-order valence-electron chi connectivity index (χ1n) is 4.83. The number of anilines is 1. The minimum atomic E-state index is -0.249. The van der Waals surface area contributed by atoms with Gasteiger partial charge in [0.25, 0.3) is 11.9 Å². The second-order valence-electron chi connectivity index (χ2n) is 3.46. The lowest BCUT2D eigenvalue weighted by molar-refractivity contribution is 0.102. The average molecular weight is 217 g/mol. The molecule has 1 N–H and O–H groups in total.